The predicted molar refractivity (Wildman–Crippen MR) is 38.8 cm³/mol. The number of rotatable bonds is 2. The Hall–Kier alpha value is 0.757. The number of ketones is 1. The molecule has 0 N–H and O–H groups in total. The van der Waals surface area contributed by atoms with Crippen LogP contribution in [-0.4, -0.2) is 11.8 Å². The molecule has 0 aliphatic heterocycles. The van der Waals surface area contributed by atoms with E-state index in [1.165, 1.54) is 6.92 Å². The van der Waals surface area contributed by atoms with Crippen LogP contribution in [-0.2, 0) is 4.79 Å². The summed E-state index contributed by atoms with van der Waals surface area (Å²) in [6, 6.07) is -2.53. The fourth-order valence-electron chi connectivity index (χ4n) is 0.282. The SMILES string of the molecule is CC(=O)C[Si](Cl)(Cl)Cl. The number of hydrogen-bond acceptors (Lipinski definition) is 1. The van der Waals surface area contributed by atoms with Crippen molar-refractivity contribution in [3.05, 3.63) is 0 Å². The summed E-state index contributed by atoms with van der Waals surface area (Å²) < 4.78 is 0. The van der Waals surface area contributed by atoms with Gasteiger partial charge in [0, 0.05) is 6.04 Å². The van der Waals surface area contributed by atoms with E-state index in [1.54, 1.807) is 0 Å². The van der Waals surface area contributed by atoms with Crippen molar-refractivity contribution in [2.75, 3.05) is 0 Å². The lowest BCUT2D eigenvalue weighted by Gasteiger charge is -2.01. The molecule has 0 atom stereocenters. The molecule has 0 spiro atoms. The second kappa shape index (κ2) is 3.06. The Bertz CT molecular complexity index is 97.2. The van der Waals surface area contributed by atoms with Crippen molar-refractivity contribution in [2.45, 2.75) is 13.0 Å². The number of halogens is 3. The van der Waals surface area contributed by atoms with Crippen LogP contribution in [0.2, 0.25) is 6.04 Å². The summed E-state index contributed by atoms with van der Waals surface area (Å²) in [5.74, 6) is -0.0586. The van der Waals surface area contributed by atoms with Crippen molar-refractivity contribution in [3.8, 4) is 0 Å². The molecule has 0 aliphatic rings. The summed E-state index contributed by atoms with van der Waals surface area (Å²) in [5, 5.41) is 0. The minimum atomic E-state index is -2.65. The molecular weight excluding hydrogens is 186 g/mol. The first kappa shape index (κ1) is 8.76. The van der Waals surface area contributed by atoms with Crippen LogP contribution in [0.3, 0.4) is 0 Å². The third-order valence-corrected chi connectivity index (χ3v) is 2.55. The molecule has 0 heterocycles. The molecule has 1 nitrogen and oxygen atoms in total. The quantitative estimate of drug-likeness (QED) is 0.483. The predicted octanol–water partition coefficient (Wildman–Crippen LogP) is 2.23. The summed E-state index contributed by atoms with van der Waals surface area (Å²) >= 11 is 16.1. The first-order chi connectivity index (χ1) is 3.42. The van der Waals surface area contributed by atoms with Crippen molar-refractivity contribution >= 4 is 45.0 Å². The highest BCUT2D eigenvalue weighted by atomic mass is 35.8. The zero-order valence-corrected chi connectivity index (χ0v) is 7.52. The summed E-state index contributed by atoms with van der Waals surface area (Å²) in [5.41, 5.74) is 0. The highest BCUT2D eigenvalue weighted by Gasteiger charge is 2.26. The van der Waals surface area contributed by atoms with Gasteiger partial charge in [-0.15, -0.1) is 33.2 Å². The number of carbonyl (C=O) groups is 1. The van der Waals surface area contributed by atoms with E-state index in [0.29, 0.717) is 0 Å². The minimum Gasteiger partial charge on any atom is -0.300 e. The molecule has 8 heavy (non-hydrogen) atoms. The zero-order valence-electron chi connectivity index (χ0n) is 4.25. The second-order valence-electron chi connectivity index (χ2n) is 1.49. The molecule has 0 aromatic heterocycles. The maximum absolute atomic E-state index is 10.2. The molecule has 0 bridgehead atoms. The normalized spacial score (nSPS) is 11.5. The van der Waals surface area contributed by atoms with Crippen molar-refractivity contribution in [2.24, 2.45) is 0 Å². The van der Waals surface area contributed by atoms with Crippen molar-refractivity contribution in [1.29, 1.82) is 0 Å². The molecule has 0 radical (unpaired) electrons. The lowest BCUT2D eigenvalue weighted by molar-refractivity contribution is -0.114. The van der Waals surface area contributed by atoms with Gasteiger partial charge in [0.2, 0.25) is 0 Å². The molecule has 0 aromatic rings. The Labute approximate surface area is 63.0 Å². The molecule has 0 saturated carbocycles. The molecule has 0 rings (SSSR count). The summed E-state index contributed by atoms with van der Waals surface area (Å²) in [6.07, 6.45) is 0. The summed E-state index contributed by atoms with van der Waals surface area (Å²) in [4.78, 5) is 10.2. The van der Waals surface area contributed by atoms with E-state index in [1.807, 2.05) is 0 Å². The summed E-state index contributed by atoms with van der Waals surface area (Å²) in [7, 11) is 0. The Morgan fingerprint density at radius 3 is 1.88 bits per heavy atom. The Morgan fingerprint density at radius 1 is 1.50 bits per heavy atom. The van der Waals surface area contributed by atoms with Gasteiger partial charge in [-0.25, -0.2) is 0 Å². The van der Waals surface area contributed by atoms with Gasteiger partial charge in [0.15, 0.2) is 0 Å². The highest BCUT2D eigenvalue weighted by molar-refractivity contribution is 7.65. The first-order valence-corrected chi connectivity index (χ1v) is 7.22. The van der Waals surface area contributed by atoms with E-state index < -0.39 is 6.00 Å². The molecule has 48 valence electrons. The molecule has 0 aliphatic carbocycles. The van der Waals surface area contributed by atoms with Crippen molar-refractivity contribution in [3.63, 3.8) is 0 Å². The van der Waals surface area contributed by atoms with Gasteiger partial charge in [-0.1, -0.05) is 0 Å². The maximum atomic E-state index is 10.2. The second-order valence-corrected chi connectivity index (χ2v) is 10.6. The molecule has 0 fully saturated rings. The third kappa shape index (κ3) is 6.76. The lowest BCUT2D eigenvalue weighted by Crippen LogP contribution is -2.12. The van der Waals surface area contributed by atoms with Gasteiger partial charge in [0.25, 0.3) is 0 Å². The largest absolute Gasteiger partial charge is 0.348 e. The van der Waals surface area contributed by atoms with Crippen LogP contribution >= 0.6 is 33.2 Å². The van der Waals surface area contributed by atoms with Crippen LogP contribution in [0.25, 0.3) is 0 Å². The maximum Gasteiger partial charge on any atom is 0.348 e. The van der Waals surface area contributed by atoms with Gasteiger partial charge in [-0.2, -0.15) is 0 Å². The van der Waals surface area contributed by atoms with E-state index in [-0.39, 0.29) is 11.8 Å². The summed E-state index contributed by atoms with van der Waals surface area (Å²) in [6.45, 7) is 1.41. The van der Waals surface area contributed by atoms with Gasteiger partial charge in [-0.05, 0) is 6.92 Å². The minimum absolute atomic E-state index is 0.0586. The van der Waals surface area contributed by atoms with Crippen LogP contribution < -0.4 is 0 Å². The van der Waals surface area contributed by atoms with E-state index in [4.69, 9.17) is 33.2 Å². The topological polar surface area (TPSA) is 17.1 Å². The monoisotopic (exact) mass is 190 g/mol. The average molecular weight is 192 g/mol. The Kier molecular flexibility index (Phi) is 3.35. The smallest absolute Gasteiger partial charge is 0.300 e. The molecule has 0 amide bonds. The van der Waals surface area contributed by atoms with Crippen LogP contribution in [0, 0.1) is 0 Å². The fourth-order valence-corrected chi connectivity index (χ4v) is 2.54. The zero-order chi connectivity index (χ0) is 6.78. The van der Waals surface area contributed by atoms with Crippen LogP contribution in [0.4, 0.5) is 0 Å². The van der Waals surface area contributed by atoms with Crippen LogP contribution in [0.15, 0.2) is 0 Å². The van der Waals surface area contributed by atoms with E-state index in [9.17, 15) is 4.79 Å². The van der Waals surface area contributed by atoms with Crippen molar-refractivity contribution in [1.82, 2.24) is 0 Å². The standard InChI is InChI=1S/C3H5Cl3OSi/c1-3(7)2-8(4,5)6/h2H2,1H3. The van der Waals surface area contributed by atoms with Crippen molar-refractivity contribution < 1.29 is 4.79 Å². The van der Waals surface area contributed by atoms with Crippen LogP contribution in [0.1, 0.15) is 6.92 Å². The average Bonchev–Trinajstić information content (AvgIpc) is 1.21. The van der Waals surface area contributed by atoms with E-state index in [0.717, 1.165) is 0 Å². The molecule has 0 unspecified atom stereocenters. The Balaban J connectivity index is 3.55. The van der Waals surface area contributed by atoms with Gasteiger partial charge >= 0.3 is 6.00 Å². The van der Waals surface area contributed by atoms with Crippen LogP contribution in [0.5, 0.6) is 0 Å². The van der Waals surface area contributed by atoms with Gasteiger partial charge in [0.05, 0.1) is 0 Å². The number of hydrogen-bond donors (Lipinski definition) is 0. The first-order valence-electron chi connectivity index (χ1n) is 1.98. The number of carbonyl (C=O) groups excluding carboxylic acids is 1. The molecule has 0 aromatic carbocycles. The van der Waals surface area contributed by atoms with E-state index >= 15 is 0 Å². The highest BCUT2D eigenvalue weighted by Crippen LogP contribution is 2.24. The molecule has 5 heteroatoms. The van der Waals surface area contributed by atoms with E-state index in [2.05, 4.69) is 0 Å². The molecule has 0 saturated heterocycles. The van der Waals surface area contributed by atoms with Gasteiger partial charge in [0.1, 0.15) is 5.78 Å². The third-order valence-electron chi connectivity index (χ3n) is 0.449. The van der Waals surface area contributed by atoms with Gasteiger partial charge < -0.3 is 4.79 Å². The number of Topliss-reactive ketones (excluding diaryl/α,β-unsaturated/α-hetero) is 1. The lowest BCUT2D eigenvalue weighted by atomic mass is 10.5. The Morgan fingerprint density at radius 2 is 1.88 bits per heavy atom. The molecular formula is C3H5Cl3OSi. The fraction of sp³-hybridized carbons (Fsp3) is 0.667. The van der Waals surface area contributed by atoms with Gasteiger partial charge in [-0.3, -0.25) is 0 Å².